The molecule has 2 rings (SSSR count). The fourth-order valence-electron chi connectivity index (χ4n) is 2.24. The van der Waals surface area contributed by atoms with Crippen molar-refractivity contribution in [2.24, 2.45) is 0 Å². The SMILES string of the molecule is COCc1ccccc1CNC(=O)/C=C/c1ccccc1OC. The summed E-state index contributed by atoms with van der Waals surface area (Å²) in [4.78, 5) is 12.0. The molecule has 0 unspecified atom stereocenters. The van der Waals surface area contributed by atoms with E-state index >= 15 is 0 Å². The first-order valence-electron chi connectivity index (χ1n) is 7.39. The van der Waals surface area contributed by atoms with E-state index in [0.717, 1.165) is 22.4 Å². The summed E-state index contributed by atoms with van der Waals surface area (Å²) >= 11 is 0. The summed E-state index contributed by atoms with van der Waals surface area (Å²) in [6.45, 7) is 0.998. The molecule has 0 atom stereocenters. The number of hydrogen-bond donors (Lipinski definition) is 1. The third kappa shape index (κ3) is 4.97. The van der Waals surface area contributed by atoms with Crippen LogP contribution in [-0.2, 0) is 22.7 Å². The highest BCUT2D eigenvalue weighted by Crippen LogP contribution is 2.18. The van der Waals surface area contributed by atoms with Crippen molar-refractivity contribution in [2.75, 3.05) is 14.2 Å². The molecular weight excluding hydrogens is 290 g/mol. The maximum Gasteiger partial charge on any atom is 0.244 e. The molecule has 0 bridgehead atoms. The molecule has 1 amide bonds. The van der Waals surface area contributed by atoms with Crippen LogP contribution in [0.2, 0.25) is 0 Å². The second kappa shape index (κ2) is 8.76. The highest BCUT2D eigenvalue weighted by molar-refractivity contribution is 5.92. The molecule has 4 nitrogen and oxygen atoms in total. The van der Waals surface area contributed by atoms with Gasteiger partial charge in [-0.15, -0.1) is 0 Å². The van der Waals surface area contributed by atoms with Crippen LogP contribution in [0, 0.1) is 0 Å². The predicted octanol–water partition coefficient (Wildman–Crippen LogP) is 3.17. The van der Waals surface area contributed by atoms with Crippen LogP contribution in [-0.4, -0.2) is 20.1 Å². The minimum absolute atomic E-state index is 0.150. The normalized spacial score (nSPS) is 10.7. The Morgan fingerprint density at radius 1 is 1.04 bits per heavy atom. The molecule has 2 aromatic carbocycles. The van der Waals surface area contributed by atoms with Crippen molar-refractivity contribution < 1.29 is 14.3 Å². The van der Waals surface area contributed by atoms with Gasteiger partial charge in [0.25, 0.3) is 0 Å². The molecule has 0 aliphatic rings. The number of amides is 1. The molecule has 0 saturated heterocycles. The van der Waals surface area contributed by atoms with Crippen molar-refractivity contribution in [3.05, 3.63) is 71.3 Å². The number of benzene rings is 2. The third-order valence-corrected chi connectivity index (χ3v) is 3.42. The van der Waals surface area contributed by atoms with E-state index in [2.05, 4.69) is 5.32 Å². The molecule has 120 valence electrons. The lowest BCUT2D eigenvalue weighted by Crippen LogP contribution is -2.21. The Morgan fingerprint density at radius 3 is 2.48 bits per heavy atom. The fourth-order valence-corrected chi connectivity index (χ4v) is 2.24. The lowest BCUT2D eigenvalue weighted by Gasteiger charge is -2.09. The highest BCUT2D eigenvalue weighted by Gasteiger charge is 2.03. The zero-order valence-corrected chi connectivity index (χ0v) is 13.4. The average molecular weight is 311 g/mol. The van der Waals surface area contributed by atoms with Crippen LogP contribution < -0.4 is 10.1 Å². The maximum atomic E-state index is 12.0. The summed E-state index contributed by atoms with van der Waals surface area (Å²) in [5.41, 5.74) is 2.99. The summed E-state index contributed by atoms with van der Waals surface area (Å²) < 4.78 is 10.4. The number of carbonyl (C=O) groups excluding carboxylic acids is 1. The largest absolute Gasteiger partial charge is 0.496 e. The molecule has 0 spiro atoms. The highest BCUT2D eigenvalue weighted by atomic mass is 16.5. The molecule has 2 aromatic rings. The number of methoxy groups -OCH3 is 2. The molecule has 1 N–H and O–H groups in total. The van der Waals surface area contributed by atoms with E-state index in [1.807, 2.05) is 48.5 Å². The Labute approximate surface area is 136 Å². The first kappa shape index (κ1) is 16.8. The van der Waals surface area contributed by atoms with Gasteiger partial charge in [-0.1, -0.05) is 42.5 Å². The van der Waals surface area contributed by atoms with Crippen LogP contribution in [0.3, 0.4) is 0 Å². The molecule has 0 aromatic heterocycles. The van der Waals surface area contributed by atoms with E-state index < -0.39 is 0 Å². The molecule has 0 saturated carbocycles. The first-order chi connectivity index (χ1) is 11.2. The van der Waals surface area contributed by atoms with E-state index in [9.17, 15) is 4.79 Å². The third-order valence-electron chi connectivity index (χ3n) is 3.42. The Kier molecular flexibility index (Phi) is 6.39. The van der Waals surface area contributed by atoms with Gasteiger partial charge in [0, 0.05) is 25.3 Å². The van der Waals surface area contributed by atoms with E-state index in [4.69, 9.17) is 9.47 Å². The Hall–Kier alpha value is -2.59. The molecule has 4 heteroatoms. The van der Waals surface area contributed by atoms with Crippen molar-refractivity contribution in [3.63, 3.8) is 0 Å². The molecular formula is C19H21NO3. The summed E-state index contributed by atoms with van der Waals surface area (Å²) in [6, 6.07) is 15.4. The number of para-hydroxylation sites is 1. The number of ether oxygens (including phenoxy) is 2. The number of hydrogen-bond acceptors (Lipinski definition) is 3. The topological polar surface area (TPSA) is 47.6 Å². The Bertz CT molecular complexity index is 680. The summed E-state index contributed by atoms with van der Waals surface area (Å²) in [6.07, 6.45) is 3.26. The van der Waals surface area contributed by atoms with Gasteiger partial charge < -0.3 is 14.8 Å². The second-order valence-electron chi connectivity index (χ2n) is 4.99. The quantitative estimate of drug-likeness (QED) is 0.799. The zero-order chi connectivity index (χ0) is 16.5. The molecule has 0 radical (unpaired) electrons. The molecule has 0 aliphatic carbocycles. The van der Waals surface area contributed by atoms with Crippen LogP contribution >= 0.6 is 0 Å². The van der Waals surface area contributed by atoms with E-state index in [1.165, 1.54) is 6.08 Å². The number of nitrogens with one attached hydrogen (secondary N) is 1. The van der Waals surface area contributed by atoms with Gasteiger partial charge >= 0.3 is 0 Å². The number of rotatable bonds is 7. The molecule has 0 fully saturated rings. The van der Waals surface area contributed by atoms with Gasteiger partial charge in [0.1, 0.15) is 5.75 Å². The van der Waals surface area contributed by atoms with Crippen LogP contribution in [0.25, 0.3) is 6.08 Å². The van der Waals surface area contributed by atoms with Gasteiger partial charge in [-0.25, -0.2) is 0 Å². The molecule has 0 aliphatic heterocycles. The Morgan fingerprint density at radius 2 is 1.74 bits per heavy atom. The smallest absolute Gasteiger partial charge is 0.244 e. The zero-order valence-electron chi connectivity index (χ0n) is 13.4. The van der Waals surface area contributed by atoms with E-state index in [1.54, 1.807) is 20.3 Å². The van der Waals surface area contributed by atoms with Crippen LogP contribution in [0.5, 0.6) is 5.75 Å². The Balaban J connectivity index is 1.96. The molecule has 23 heavy (non-hydrogen) atoms. The summed E-state index contributed by atoms with van der Waals surface area (Å²) in [7, 11) is 3.27. The summed E-state index contributed by atoms with van der Waals surface area (Å²) in [5.74, 6) is 0.588. The van der Waals surface area contributed by atoms with Gasteiger partial charge in [0.05, 0.1) is 13.7 Å². The van der Waals surface area contributed by atoms with Crippen molar-refractivity contribution >= 4 is 12.0 Å². The first-order valence-corrected chi connectivity index (χ1v) is 7.39. The standard InChI is InChI=1S/C19H21NO3/c1-22-14-17-9-4-3-8-16(17)13-20-19(21)12-11-15-7-5-6-10-18(15)23-2/h3-12H,13-14H2,1-2H3,(H,20,21)/b12-11+. The van der Waals surface area contributed by atoms with Crippen LogP contribution in [0.15, 0.2) is 54.6 Å². The monoisotopic (exact) mass is 311 g/mol. The van der Waals surface area contributed by atoms with Gasteiger partial charge in [-0.3, -0.25) is 4.79 Å². The lowest BCUT2D eigenvalue weighted by molar-refractivity contribution is -0.116. The van der Waals surface area contributed by atoms with Crippen LogP contribution in [0.4, 0.5) is 0 Å². The minimum atomic E-state index is -0.150. The average Bonchev–Trinajstić information content (AvgIpc) is 2.59. The van der Waals surface area contributed by atoms with Gasteiger partial charge in [0.2, 0.25) is 5.91 Å². The van der Waals surface area contributed by atoms with E-state index in [0.29, 0.717) is 13.2 Å². The van der Waals surface area contributed by atoms with Gasteiger partial charge in [0.15, 0.2) is 0 Å². The number of carbonyl (C=O) groups is 1. The minimum Gasteiger partial charge on any atom is -0.496 e. The van der Waals surface area contributed by atoms with Gasteiger partial charge in [-0.2, -0.15) is 0 Å². The van der Waals surface area contributed by atoms with Crippen LogP contribution in [0.1, 0.15) is 16.7 Å². The second-order valence-corrected chi connectivity index (χ2v) is 4.99. The lowest BCUT2D eigenvalue weighted by atomic mass is 10.1. The van der Waals surface area contributed by atoms with E-state index in [-0.39, 0.29) is 5.91 Å². The summed E-state index contributed by atoms with van der Waals surface area (Å²) in [5, 5.41) is 2.88. The predicted molar refractivity (Wildman–Crippen MR) is 91.0 cm³/mol. The maximum absolute atomic E-state index is 12.0. The fraction of sp³-hybridized carbons (Fsp3) is 0.211. The van der Waals surface area contributed by atoms with Crippen molar-refractivity contribution in [1.82, 2.24) is 5.32 Å². The molecule has 0 heterocycles. The van der Waals surface area contributed by atoms with Crippen molar-refractivity contribution in [2.45, 2.75) is 13.2 Å². The van der Waals surface area contributed by atoms with Crippen molar-refractivity contribution in [1.29, 1.82) is 0 Å². The van der Waals surface area contributed by atoms with Crippen molar-refractivity contribution in [3.8, 4) is 5.75 Å². The van der Waals surface area contributed by atoms with Gasteiger partial charge in [-0.05, 0) is 23.3 Å².